The number of carbonyl (C=O) groups is 3. The molecule has 1 saturated carbocycles. The lowest BCUT2D eigenvalue weighted by molar-refractivity contribution is -0.150. The van der Waals surface area contributed by atoms with Gasteiger partial charge in [-0.25, -0.2) is 4.79 Å². The summed E-state index contributed by atoms with van der Waals surface area (Å²) in [6.07, 6.45) is 2.40. The summed E-state index contributed by atoms with van der Waals surface area (Å²) in [6.45, 7) is 1.88. The van der Waals surface area contributed by atoms with Crippen molar-refractivity contribution in [2.24, 2.45) is 0 Å². The van der Waals surface area contributed by atoms with Crippen molar-refractivity contribution >= 4 is 29.4 Å². The highest BCUT2D eigenvalue weighted by atomic mass is 35.5. The van der Waals surface area contributed by atoms with Gasteiger partial charge in [-0.05, 0) is 50.5 Å². The Morgan fingerprint density at radius 1 is 1.29 bits per heavy atom. The van der Waals surface area contributed by atoms with E-state index in [-0.39, 0.29) is 24.3 Å². The van der Waals surface area contributed by atoms with Crippen LogP contribution in [0.1, 0.15) is 43.0 Å². The van der Waals surface area contributed by atoms with Crippen molar-refractivity contribution in [1.29, 1.82) is 0 Å². The quantitative estimate of drug-likeness (QED) is 0.703. The molecule has 0 aromatic heterocycles. The lowest BCUT2D eigenvalue weighted by atomic mass is 10.2. The lowest BCUT2D eigenvalue weighted by Gasteiger charge is -2.26. The van der Waals surface area contributed by atoms with Gasteiger partial charge < -0.3 is 15.3 Å². The van der Waals surface area contributed by atoms with Gasteiger partial charge in [0.2, 0.25) is 5.91 Å². The van der Waals surface area contributed by atoms with Crippen LogP contribution in [0, 0.1) is 0 Å². The zero-order valence-corrected chi connectivity index (χ0v) is 14.3. The van der Waals surface area contributed by atoms with Gasteiger partial charge in [-0.2, -0.15) is 0 Å². The molecule has 2 amide bonds. The highest BCUT2D eigenvalue weighted by Gasteiger charge is 2.37. The number of nitrogens with one attached hydrogen (secondary N) is 1. The van der Waals surface area contributed by atoms with Crippen LogP contribution in [0.5, 0.6) is 0 Å². The Morgan fingerprint density at radius 3 is 2.46 bits per heavy atom. The van der Waals surface area contributed by atoms with Gasteiger partial charge in [0.15, 0.2) is 0 Å². The fourth-order valence-electron chi connectivity index (χ4n) is 2.48. The summed E-state index contributed by atoms with van der Waals surface area (Å²) in [7, 11) is 0. The number of amides is 2. The summed E-state index contributed by atoms with van der Waals surface area (Å²) < 4.78 is 0. The Labute approximate surface area is 145 Å². The van der Waals surface area contributed by atoms with Gasteiger partial charge >= 0.3 is 5.97 Å². The van der Waals surface area contributed by atoms with Crippen molar-refractivity contribution < 1.29 is 19.5 Å². The highest BCUT2D eigenvalue weighted by Crippen LogP contribution is 2.29. The van der Waals surface area contributed by atoms with E-state index in [1.165, 1.54) is 11.8 Å². The zero-order chi connectivity index (χ0) is 17.7. The molecule has 2 rings (SSSR count). The van der Waals surface area contributed by atoms with Crippen LogP contribution in [-0.2, 0) is 9.59 Å². The second-order valence-corrected chi connectivity index (χ2v) is 6.35. The second kappa shape index (κ2) is 8.15. The molecular weight excluding hydrogens is 332 g/mol. The molecule has 1 aliphatic rings. The third-order valence-electron chi connectivity index (χ3n) is 3.96. The molecular formula is C17H21ClN2O4. The van der Waals surface area contributed by atoms with Crippen molar-refractivity contribution in [3.63, 3.8) is 0 Å². The molecule has 7 heteroatoms. The normalized spacial score (nSPS) is 14.8. The van der Waals surface area contributed by atoms with E-state index in [0.29, 0.717) is 23.6 Å². The third kappa shape index (κ3) is 4.96. The van der Waals surface area contributed by atoms with Crippen molar-refractivity contribution in [3.8, 4) is 0 Å². The third-order valence-corrected chi connectivity index (χ3v) is 4.21. The second-order valence-electron chi connectivity index (χ2n) is 5.91. The Morgan fingerprint density at radius 2 is 1.92 bits per heavy atom. The predicted octanol–water partition coefficient (Wildman–Crippen LogP) is 2.31. The van der Waals surface area contributed by atoms with E-state index in [9.17, 15) is 14.4 Å². The van der Waals surface area contributed by atoms with E-state index in [1.54, 1.807) is 24.3 Å². The van der Waals surface area contributed by atoms with Gasteiger partial charge in [-0.3, -0.25) is 9.59 Å². The van der Waals surface area contributed by atoms with Gasteiger partial charge in [-0.15, -0.1) is 0 Å². The van der Waals surface area contributed by atoms with Crippen LogP contribution >= 0.6 is 11.6 Å². The SMILES string of the molecule is CC(C(=O)O)N(C(=O)CCCNC(=O)c1ccc(Cl)cc1)C1CC1. The topological polar surface area (TPSA) is 86.7 Å². The summed E-state index contributed by atoms with van der Waals surface area (Å²) in [5.74, 6) is -1.39. The van der Waals surface area contributed by atoms with E-state index < -0.39 is 12.0 Å². The number of benzene rings is 1. The van der Waals surface area contributed by atoms with Gasteiger partial charge in [-0.1, -0.05) is 11.6 Å². The molecule has 0 heterocycles. The number of nitrogens with zero attached hydrogens (tertiary/aromatic N) is 1. The van der Waals surface area contributed by atoms with Crippen LogP contribution < -0.4 is 5.32 Å². The molecule has 130 valence electrons. The number of carboxylic acid groups (broad SMARTS) is 1. The van der Waals surface area contributed by atoms with Crippen LogP contribution in [0.4, 0.5) is 0 Å². The minimum Gasteiger partial charge on any atom is -0.480 e. The Hall–Kier alpha value is -2.08. The molecule has 1 atom stereocenters. The Kier molecular flexibility index (Phi) is 6.20. The molecule has 1 aliphatic carbocycles. The highest BCUT2D eigenvalue weighted by molar-refractivity contribution is 6.30. The lowest BCUT2D eigenvalue weighted by Crippen LogP contribution is -2.44. The van der Waals surface area contributed by atoms with Crippen LogP contribution in [-0.4, -0.2) is 46.4 Å². The minimum atomic E-state index is -0.994. The molecule has 1 aromatic rings. The maximum Gasteiger partial charge on any atom is 0.326 e. The van der Waals surface area contributed by atoms with Crippen LogP contribution in [0.3, 0.4) is 0 Å². The number of halogens is 1. The molecule has 0 bridgehead atoms. The molecule has 1 aromatic carbocycles. The predicted molar refractivity (Wildman–Crippen MR) is 90.0 cm³/mol. The largest absolute Gasteiger partial charge is 0.480 e. The molecule has 6 nitrogen and oxygen atoms in total. The standard InChI is InChI=1S/C17H21ClN2O4/c1-11(17(23)24)20(14-8-9-14)15(21)3-2-10-19-16(22)12-4-6-13(18)7-5-12/h4-7,11,14H,2-3,8-10H2,1H3,(H,19,22)(H,23,24). The summed E-state index contributed by atoms with van der Waals surface area (Å²) in [5, 5.41) is 12.4. The average Bonchev–Trinajstić information content (AvgIpc) is 3.36. The fraction of sp³-hybridized carbons (Fsp3) is 0.471. The van der Waals surface area contributed by atoms with Crippen LogP contribution in [0.2, 0.25) is 5.02 Å². The molecule has 24 heavy (non-hydrogen) atoms. The molecule has 2 N–H and O–H groups in total. The van der Waals surface area contributed by atoms with Crippen LogP contribution in [0.15, 0.2) is 24.3 Å². The first-order valence-corrected chi connectivity index (χ1v) is 8.35. The summed E-state index contributed by atoms with van der Waals surface area (Å²) in [4.78, 5) is 36.8. The first-order valence-electron chi connectivity index (χ1n) is 7.98. The molecule has 0 saturated heterocycles. The van der Waals surface area contributed by atoms with Gasteiger partial charge in [0, 0.05) is 29.6 Å². The van der Waals surface area contributed by atoms with E-state index in [2.05, 4.69) is 5.32 Å². The number of hydrogen-bond donors (Lipinski definition) is 2. The number of hydrogen-bond acceptors (Lipinski definition) is 3. The first-order chi connectivity index (χ1) is 11.4. The average molecular weight is 353 g/mol. The van der Waals surface area contributed by atoms with E-state index in [1.807, 2.05) is 0 Å². The minimum absolute atomic E-state index is 0.0484. The Bertz CT molecular complexity index is 614. The number of carbonyl (C=O) groups excluding carboxylic acids is 2. The van der Waals surface area contributed by atoms with E-state index in [0.717, 1.165) is 12.8 Å². The molecule has 1 unspecified atom stereocenters. The maximum atomic E-state index is 12.3. The van der Waals surface area contributed by atoms with Crippen molar-refractivity contribution in [2.45, 2.75) is 44.7 Å². The molecule has 1 fully saturated rings. The molecule has 0 aliphatic heterocycles. The summed E-state index contributed by atoms with van der Waals surface area (Å²) in [6, 6.07) is 5.78. The van der Waals surface area contributed by atoms with E-state index in [4.69, 9.17) is 16.7 Å². The Balaban J connectivity index is 1.76. The zero-order valence-electron chi connectivity index (χ0n) is 13.5. The van der Waals surface area contributed by atoms with Crippen molar-refractivity contribution in [1.82, 2.24) is 10.2 Å². The van der Waals surface area contributed by atoms with E-state index >= 15 is 0 Å². The summed E-state index contributed by atoms with van der Waals surface area (Å²) in [5.41, 5.74) is 0.504. The van der Waals surface area contributed by atoms with Crippen LogP contribution in [0.25, 0.3) is 0 Å². The smallest absolute Gasteiger partial charge is 0.326 e. The van der Waals surface area contributed by atoms with Crippen molar-refractivity contribution in [2.75, 3.05) is 6.54 Å². The first kappa shape index (κ1) is 18.3. The summed E-state index contributed by atoms with van der Waals surface area (Å²) >= 11 is 5.77. The molecule has 0 radical (unpaired) electrons. The van der Waals surface area contributed by atoms with Gasteiger partial charge in [0.1, 0.15) is 6.04 Å². The van der Waals surface area contributed by atoms with Gasteiger partial charge in [0.25, 0.3) is 5.91 Å². The van der Waals surface area contributed by atoms with Gasteiger partial charge in [0.05, 0.1) is 0 Å². The fourth-order valence-corrected chi connectivity index (χ4v) is 2.61. The monoisotopic (exact) mass is 352 g/mol. The maximum absolute atomic E-state index is 12.3. The number of rotatable bonds is 8. The number of carboxylic acids is 1. The van der Waals surface area contributed by atoms with Crippen molar-refractivity contribution in [3.05, 3.63) is 34.9 Å². The molecule has 0 spiro atoms. The number of aliphatic carboxylic acids is 1.